The van der Waals surface area contributed by atoms with Gasteiger partial charge in [-0.2, -0.15) is 0 Å². The van der Waals surface area contributed by atoms with Gasteiger partial charge < -0.3 is 10.6 Å². The van der Waals surface area contributed by atoms with E-state index in [-0.39, 0.29) is 18.2 Å². The predicted octanol–water partition coefficient (Wildman–Crippen LogP) is 4.55. The van der Waals surface area contributed by atoms with Crippen LogP contribution in [-0.4, -0.2) is 22.2 Å². The molecule has 0 spiro atoms. The second-order valence-electron chi connectivity index (χ2n) is 5.73. The Bertz CT molecular complexity index is 902. The fourth-order valence-corrected chi connectivity index (χ4v) is 3.65. The van der Waals surface area contributed by atoms with Crippen LogP contribution >= 0.6 is 35.0 Å². The van der Waals surface area contributed by atoms with Gasteiger partial charge in [0.15, 0.2) is 5.17 Å². The Kier molecular flexibility index (Phi) is 5.86. The number of nitrogens with one attached hydrogen (secondary N) is 2. The van der Waals surface area contributed by atoms with E-state index in [1.54, 1.807) is 18.2 Å². The van der Waals surface area contributed by atoms with Crippen molar-refractivity contribution in [1.29, 1.82) is 0 Å². The molecule has 0 unspecified atom stereocenters. The van der Waals surface area contributed by atoms with E-state index in [4.69, 9.17) is 23.2 Å². The number of rotatable bonds is 4. The molecule has 2 amide bonds. The Morgan fingerprint density at radius 2 is 2.04 bits per heavy atom. The van der Waals surface area contributed by atoms with Crippen LogP contribution in [0.3, 0.4) is 0 Å². The molecule has 1 saturated heterocycles. The molecule has 1 aliphatic heterocycles. The van der Waals surface area contributed by atoms with Crippen molar-refractivity contribution < 1.29 is 9.59 Å². The number of carbonyl (C=O) groups excluding carboxylic acids is 2. The number of benzene rings is 2. The van der Waals surface area contributed by atoms with Crippen LogP contribution in [0, 0.1) is 6.92 Å². The molecule has 2 aromatic carbocycles. The normalized spacial score (nSPS) is 18.0. The maximum atomic E-state index is 12.2. The molecular formula is C18H15Cl2N3O2S. The van der Waals surface area contributed by atoms with Gasteiger partial charge in [0.25, 0.3) is 0 Å². The average Bonchev–Trinajstić information content (AvgIpc) is 2.90. The lowest BCUT2D eigenvalue weighted by Crippen LogP contribution is -2.28. The largest absolute Gasteiger partial charge is 0.326 e. The fraction of sp³-hybridized carbons (Fsp3) is 0.167. The highest BCUT2D eigenvalue weighted by molar-refractivity contribution is 8.15. The van der Waals surface area contributed by atoms with Gasteiger partial charge in [-0.3, -0.25) is 9.59 Å². The van der Waals surface area contributed by atoms with Gasteiger partial charge in [0, 0.05) is 12.1 Å². The van der Waals surface area contributed by atoms with Crippen molar-refractivity contribution >= 4 is 63.3 Å². The molecule has 1 fully saturated rings. The number of carbonyl (C=O) groups is 2. The molecule has 8 heteroatoms. The summed E-state index contributed by atoms with van der Waals surface area (Å²) in [5.74, 6) is -0.515. The van der Waals surface area contributed by atoms with Crippen LogP contribution in [0.2, 0.25) is 10.0 Å². The van der Waals surface area contributed by atoms with Crippen molar-refractivity contribution in [1.82, 2.24) is 5.32 Å². The number of thioether (sulfide) groups is 1. The summed E-state index contributed by atoms with van der Waals surface area (Å²) in [6, 6.07) is 12.5. The summed E-state index contributed by atoms with van der Waals surface area (Å²) in [5.41, 5.74) is 2.37. The van der Waals surface area contributed by atoms with Crippen LogP contribution in [-0.2, 0) is 9.59 Å². The molecule has 134 valence electrons. The first kappa shape index (κ1) is 18.8. The molecule has 0 aromatic heterocycles. The number of anilines is 1. The first-order valence-electron chi connectivity index (χ1n) is 7.78. The second kappa shape index (κ2) is 8.12. The van der Waals surface area contributed by atoms with Gasteiger partial charge in [0.2, 0.25) is 11.8 Å². The lowest BCUT2D eigenvalue weighted by Gasteiger charge is -2.08. The average molecular weight is 408 g/mol. The molecule has 3 rings (SSSR count). The monoisotopic (exact) mass is 407 g/mol. The highest BCUT2D eigenvalue weighted by Crippen LogP contribution is 2.27. The van der Waals surface area contributed by atoms with Crippen molar-refractivity contribution in [3.8, 4) is 0 Å². The predicted molar refractivity (Wildman–Crippen MR) is 108 cm³/mol. The molecule has 1 heterocycles. The minimum atomic E-state index is -0.527. The topological polar surface area (TPSA) is 70.6 Å². The van der Waals surface area contributed by atoms with Gasteiger partial charge >= 0.3 is 0 Å². The number of aliphatic imine (C=N–C) groups is 1. The molecule has 2 N–H and O–H groups in total. The number of amides is 2. The van der Waals surface area contributed by atoms with Gasteiger partial charge in [-0.25, -0.2) is 4.99 Å². The van der Waals surface area contributed by atoms with E-state index < -0.39 is 5.25 Å². The summed E-state index contributed by atoms with van der Waals surface area (Å²) < 4.78 is 0. The standard InChI is InChI=1S/C18H15Cl2N3O2S/c1-10-3-2-4-11(7-10)22-18-23-17(25)15(26-18)9-16(24)21-12-5-6-13(19)14(20)8-12/h2-8,15H,9H2,1H3,(H,21,24)(H,22,23,25)/t15-/m1/s1. The van der Waals surface area contributed by atoms with Crippen LogP contribution < -0.4 is 10.6 Å². The van der Waals surface area contributed by atoms with Crippen molar-refractivity contribution in [3.63, 3.8) is 0 Å². The summed E-state index contributed by atoms with van der Waals surface area (Å²) in [5, 5.41) is 6.16. The molecule has 0 aliphatic carbocycles. The molecule has 1 aliphatic rings. The third-order valence-electron chi connectivity index (χ3n) is 3.58. The minimum absolute atomic E-state index is 0.0313. The Labute approximate surface area is 165 Å². The van der Waals surface area contributed by atoms with Crippen molar-refractivity contribution in [2.75, 3.05) is 5.32 Å². The molecule has 26 heavy (non-hydrogen) atoms. The first-order valence-corrected chi connectivity index (χ1v) is 9.42. The number of amidine groups is 1. The molecular weight excluding hydrogens is 393 g/mol. The maximum Gasteiger partial charge on any atom is 0.240 e. The highest BCUT2D eigenvalue weighted by Gasteiger charge is 2.32. The summed E-state index contributed by atoms with van der Waals surface area (Å²) in [6.45, 7) is 1.97. The Balaban J connectivity index is 1.62. The number of nitrogens with zero attached hydrogens (tertiary/aromatic N) is 1. The molecule has 1 atom stereocenters. The van der Waals surface area contributed by atoms with Crippen LogP contribution in [0.4, 0.5) is 11.4 Å². The Morgan fingerprint density at radius 1 is 1.23 bits per heavy atom. The molecule has 0 radical (unpaired) electrons. The van der Waals surface area contributed by atoms with E-state index in [9.17, 15) is 9.59 Å². The van der Waals surface area contributed by atoms with Crippen LogP contribution in [0.15, 0.2) is 47.5 Å². The second-order valence-corrected chi connectivity index (χ2v) is 7.74. The van der Waals surface area contributed by atoms with Gasteiger partial charge in [-0.15, -0.1) is 0 Å². The fourth-order valence-electron chi connectivity index (χ4n) is 2.36. The third kappa shape index (κ3) is 4.78. The quantitative estimate of drug-likeness (QED) is 0.780. The Morgan fingerprint density at radius 3 is 2.77 bits per heavy atom. The number of hydrogen-bond donors (Lipinski definition) is 2. The van der Waals surface area contributed by atoms with E-state index in [0.29, 0.717) is 20.9 Å². The summed E-state index contributed by atoms with van der Waals surface area (Å²) >= 11 is 13.0. The summed E-state index contributed by atoms with van der Waals surface area (Å²) in [7, 11) is 0. The molecule has 2 aromatic rings. The zero-order chi connectivity index (χ0) is 18.7. The first-order chi connectivity index (χ1) is 12.4. The zero-order valence-electron chi connectivity index (χ0n) is 13.8. The van der Waals surface area contributed by atoms with E-state index in [1.165, 1.54) is 11.8 Å². The lowest BCUT2D eigenvalue weighted by molar-refractivity contribution is -0.122. The van der Waals surface area contributed by atoms with Crippen LogP contribution in [0.25, 0.3) is 0 Å². The number of hydrogen-bond acceptors (Lipinski definition) is 4. The Hall–Kier alpha value is -2.02. The number of halogens is 2. The van der Waals surface area contributed by atoms with Crippen molar-refractivity contribution in [2.24, 2.45) is 4.99 Å². The van der Waals surface area contributed by atoms with E-state index >= 15 is 0 Å². The smallest absolute Gasteiger partial charge is 0.240 e. The van der Waals surface area contributed by atoms with Gasteiger partial charge in [0.1, 0.15) is 5.25 Å². The van der Waals surface area contributed by atoms with Crippen molar-refractivity contribution in [3.05, 3.63) is 58.1 Å². The molecule has 5 nitrogen and oxygen atoms in total. The molecule has 0 bridgehead atoms. The molecule has 0 saturated carbocycles. The van der Waals surface area contributed by atoms with Crippen molar-refractivity contribution in [2.45, 2.75) is 18.6 Å². The highest BCUT2D eigenvalue weighted by atomic mass is 35.5. The van der Waals surface area contributed by atoms with Crippen LogP contribution in [0.5, 0.6) is 0 Å². The van der Waals surface area contributed by atoms with Gasteiger partial charge in [-0.1, -0.05) is 47.1 Å². The summed E-state index contributed by atoms with van der Waals surface area (Å²) in [6.07, 6.45) is 0.0313. The van der Waals surface area contributed by atoms with Gasteiger partial charge in [-0.05, 0) is 42.8 Å². The SMILES string of the molecule is Cc1cccc(N=C2NC(=O)[C@@H](CC(=O)Nc3ccc(Cl)c(Cl)c3)S2)c1. The maximum absolute atomic E-state index is 12.2. The third-order valence-corrected chi connectivity index (χ3v) is 5.40. The van der Waals surface area contributed by atoms with Crippen LogP contribution in [0.1, 0.15) is 12.0 Å². The minimum Gasteiger partial charge on any atom is -0.326 e. The zero-order valence-corrected chi connectivity index (χ0v) is 16.1. The van der Waals surface area contributed by atoms with E-state index in [2.05, 4.69) is 15.6 Å². The van der Waals surface area contributed by atoms with E-state index in [1.807, 2.05) is 31.2 Å². The van der Waals surface area contributed by atoms with Gasteiger partial charge in [0.05, 0.1) is 15.7 Å². The lowest BCUT2D eigenvalue weighted by atomic mass is 10.2. The van der Waals surface area contributed by atoms with E-state index in [0.717, 1.165) is 11.3 Å². The number of aryl methyl sites for hydroxylation is 1. The summed E-state index contributed by atoms with van der Waals surface area (Å²) in [4.78, 5) is 28.7.